The zero-order chi connectivity index (χ0) is 32.6. The fourth-order valence-corrected chi connectivity index (χ4v) is 5.92. The molecule has 46 heavy (non-hydrogen) atoms. The third-order valence-corrected chi connectivity index (χ3v) is 8.17. The lowest BCUT2D eigenvalue weighted by Crippen LogP contribution is -2.31. The molecule has 1 fully saturated rings. The zero-order valence-corrected chi connectivity index (χ0v) is 26.0. The number of nitrogens with zero attached hydrogens (tertiary/aromatic N) is 1. The van der Waals surface area contributed by atoms with E-state index in [2.05, 4.69) is 10.6 Å². The Morgan fingerprint density at radius 1 is 0.891 bits per heavy atom. The molecule has 0 bridgehead atoms. The van der Waals surface area contributed by atoms with Gasteiger partial charge in [0.25, 0.3) is 11.8 Å². The highest BCUT2D eigenvalue weighted by atomic mass is 32.2. The summed E-state index contributed by atoms with van der Waals surface area (Å²) in [4.78, 5) is 66.3. The first-order valence-electron chi connectivity index (χ1n) is 14.6. The highest BCUT2D eigenvalue weighted by Crippen LogP contribution is 2.35. The normalized spacial score (nSPS) is 14.6. The Balaban J connectivity index is 1.30. The number of hydrogen-bond donors (Lipinski definition) is 2. The highest BCUT2D eigenvalue weighted by Gasteiger charge is 2.40. The van der Waals surface area contributed by atoms with Gasteiger partial charge in [0.1, 0.15) is 5.70 Å². The van der Waals surface area contributed by atoms with Crippen molar-refractivity contribution in [1.82, 2.24) is 5.32 Å². The molecule has 1 aliphatic rings. The van der Waals surface area contributed by atoms with Crippen LogP contribution in [0.25, 0.3) is 6.08 Å². The Bertz CT molecular complexity index is 1820. The van der Waals surface area contributed by atoms with Gasteiger partial charge in [-0.2, -0.15) is 0 Å². The van der Waals surface area contributed by atoms with Gasteiger partial charge in [0.15, 0.2) is 0 Å². The van der Waals surface area contributed by atoms with Crippen molar-refractivity contribution in [3.8, 4) is 0 Å². The van der Waals surface area contributed by atoms with Crippen molar-refractivity contribution < 1.29 is 28.7 Å². The van der Waals surface area contributed by atoms with Gasteiger partial charge in [-0.3, -0.25) is 19.2 Å². The Labute approximate surface area is 270 Å². The smallest absolute Gasteiger partial charge is 0.338 e. The molecule has 1 heterocycles. The molecular weight excluding hydrogens is 602 g/mol. The number of imide groups is 1. The van der Waals surface area contributed by atoms with Crippen molar-refractivity contribution in [3.63, 3.8) is 0 Å². The van der Waals surface area contributed by atoms with Crippen LogP contribution in [0.3, 0.4) is 0 Å². The first-order valence-corrected chi connectivity index (χ1v) is 15.5. The maximum absolute atomic E-state index is 13.5. The molecule has 1 aliphatic heterocycles. The summed E-state index contributed by atoms with van der Waals surface area (Å²) < 4.78 is 4.99. The fraction of sp³-hybridized carbons (Fsp3) is 0.139. The second-order valence-corrected chi connectivity index (χ2v) is 11.7. The summed E-state index contributed by atoms with van der Waals surface area (Å²) in [6.45, 7) is 3.89. The molecule has 1 saturated heterocycles. The van der Waals surface area contributed by atoms with E-state index in [-0.39, 0.29) is 30.5 Å². The van der Waals surface area contributed by atoms with Gasteiger partial charge in [-0.15, -0.1) is 11.8 Å². The van der Waals surface area contributed by atoms with Crippen LogP contribution >= 0.6 is 11.8 Å². The number of hydrogen-bond acceptors (Lipinski definition) is 7. The monoisotopic (exact) mass is 633 g/mol. The average Bonchev–Trinajstić information content (AvgIpc) is 3.33. The summed E-state index contributed by atoms with van der Waals surface area (Å²) in [5.41, 5.74) is 3.35. The van der Waals surface area contributed by atoms with Crippen LogP contribution < -0.4 is 15.5 Å². The van der Waals surface area contributed by atoms with Crippen molar-refractivity contribution in [2.24, 2.45) is 0 Å². The third-order valence-electron chi connectivity index (χ3n) is 6.99. The minimum atomic E-state index is -0.676. The predicted octanol–water partition coefficient (Wildman–Crippen LogP) is 6.01. The molecule has 9 nitrogen and oxygen atoms in total. The number of aryl methyl sites for hydroxylation is 1. The zero-order valence-electron chi connectivity index (χ0n) is 25.2. The van der Waals surface area contributed by atoms with Crippen LogP contribution in [0.2, 0.25) is 0 Å². The molecule has 4 aromatic rings. The molecule has 0 spiro atoms. The van der Waals surface area contributed by atoms with Gasteiger partial charge in [0, 0.05) is 22.6 Å². The number of thioether (sulfide) groups is 1. The SMILES string of the molecule is CCOC(=O)c1ccc(N2C(=O)CC(Sc3cccc(NC(=O)C(=Cc4cccc(C)c4)NC(=O)c4ccccc4)c3)C2=O)cc1. The molecule has 0 aliphatic carbocycles. The van der Waals surface area contributed by atoms with Gasteiger partial charge in [0.2, 0.25) is 11.8 Å². The van der Waals surface area contributed by atoms with Crippen LogP contribution in [0.5, 0.6) is 0 Å². The molecule has 0 aromatic heterocycles. The Hall–Kier alpha value is -5.48. The van der Waals surface area contributed by atoms with E-state index in [0.29, 0.717) is 27.4 Å². The number of benzene rings is 4. The highest BCUT2D eigenvalue weighted by molar-refractivity contribution is 8.00. The number of nitrogens with one attached hydrogen (secondary N) is 2. The molecular formula is C36H31N3O6S. The van der Waals surface area contributed by atoms with E-state index in [0.717, 1.165) is 16.0 Å². The summed E-state index contributed by atoms with van der Waals surface area (Å²) >= 11 is 1.22. The van der Waals surface area contributed by atoms with Crippen LogP contribution in [-0.4, -0.2) is 41.5 Å². The summed E-state index contributed by atoms with van der Waals surface area (Å²) in [6, 6.07) is 29.2. The second-order valence-electron chi connectivity index (χ2n) is 10.4. The topological polar surface area (TPSA) is 122 Å². The molecule has 0 saturated carbocycles. The quantitative estimate of drug-likeness (QED) is 0.125. The van der Waals surface area contributed by atoms with Gasteiger partial charge in [0.05, 0.1) is 23.1 Å². The molecule has 4 amide bonds. The van der Waals surface area contributed by atoms with Crippen LogP contribution in [0, 0.1) is 6.92 Å². The maximum atomic E-state index is 13.5. The van der Waals surface area contributed by atoms with Gasteiger partial charge < -0.3 is 15.4 Å². The second kappa shape index (κ2) is 14.5. The van der Waals surface area contributed by atoms with Crippen molar-refractivity contribution in [3.05, 3.63) is 131 Å². The van der Waals surface area contributed by atoms with E-state index in [9.17, 15) is 24.0 Å². The first-order chi connectivity index (χ1) is 22.2. The molecule has 1 unspecified atom stereocenters. The van der Waals surface area contributed by atoms with Crippen molar-refractivity contribution >= 4 is 58.8 Å². The summed E-state index contributed by atoms with van der Waals surface area (Å²) in [7, 11) is 0. The largest absolute Gasteiger partial charge is 0.462 e. The van der Waals surface area contributed by atoms with E-state index in [4.69, 9.17) is 4.74 Å². The number of rotatable bonds is 10. The Morgan fingerprint density at radius 3 is 2.35 bits per heavy atom. The molecule has 10 heteroatoms. The maximum Gasteiger partial charge on any atom is 0.338 e. The van der Waals surface area contributed by atoms with Gasteiger partial charge in [-0.25, -0.2) is 9.69 Å². The van der Waals surface area contributed by atoms with Crippen LogP contribution in [0.15, 0.2) is 114 Å². The fourth-order valence-electron chi connectivity index (χ4n) is 4.81. The molecule has 4 aromatic carbocycles. The van der Waals surface area contributed by atoms with Crippen molar-refractivity contribution in [2.75, 3.05) is 16.8 Å². The standard InChI is InChI=1S/C36H31N3O6S/c1-3-45-36(44)26-15-17-28(18-16-26)39-32(40)22-31(35(39)43)46-29-14-8-13-27(21-29)37-34(42)30(20-24-10-7-9-23(2)19-24)38-33(41)25-11-5-4-6-12-25/h4-21,31H,3,22H2,1-2H3,(H,37,42)(H,38,41). The Kier molecular flexibility index (Phi) is 10.1. The molecule has 0 radical (unpaired) electrons. The number of amides is 4. The summed E-state index contributed by atoms with van der Waals surface area (Å²) in [5, 5.41) is 4.90. The van der Waals surface area contributed by atoms with E-state index >= 15 is 0 Å². The first kappa shape index (κ1) is 31.9. The van der Waals surface area contributed by atoms with Crippen LogP contribution in [-0.2, 0) is 19.1 Å². The lowest BCUT2D eigenvalue weighted by atomic mass is 10.1. The molecule has 5 rings (SSSR count). The van der Waals surface area contributed by atoms with Gasteiger partial charge in [-0.05, 0) is 80.1 Å². The minimum absolute atomic E-state index is 0.00535. The van der Waals surface area contributed by atoms with Gasteiger partial charge >= 0.3 is 5.97 Å². The number of carbonyl (C=O) groups is 5. The Morgan fingerprint density at radius 2 is 1.63 bits per heavy atom. The van der Waals surface area contributed by atoms with E-state index in [1.54, 1.807) is 79.7 Å². The van der Waals surface area contributed by atoms with Crippen molar-refractivity contribution in [2.45, 2.75) is 30.4 Å². The molecule has 2 N–H and O–H groups in total. The number of anilines is 2. The lowest BCUT2D eigenvalue weighted by Gasteiger charge is -2.16. The summed E-state index contributed by atoms with van der Waals surface area (Å²) in [6.07, 6.45) is 1.60. The van der Waals surface area contributed by atoms with Crippen LogP contribution in [0.4, 0.5) is 11.4 Å². The summed E-state index contributed by atoms with van der Waals surface area (Å²) in [5.74, 6) is -2.16. The van der Waals surface area contributed by atoms with E-state index in [1.165, 1.54) is 23.9 Å². The molecule has 232 valence electrons. The number of esters is 1. The van der Waals surface area contributed by atoms with Crippen molar-refractivity contribution in [1.29, 1.82) is 0 Å². The molecule has 1 atom stereocenters. The lowest BCUT2D eigenvalue weighted by molar-refractivity contribution is -0.121. The number of ether oxygens (including phenoxy) is 1. The van der Waals surface area contributed by atoms with E-state index < -0.39 is 23.0 Å². The van der Waals surface area contributed by atoms with E-state index in [1.807, 2.05) is 31.2 Å². The van der Waals surface area contributed by atoms with Gasteiger partial charge in [-0.1, -0.05) is 54.1 Å². The minimum Gasteiger partial charge on any atom is -0.462 e. The number of carbonyl (C=O) groups excluding carboxylic acids is 5. The third kappa shape index (κ3) is 7.77. The average molecular weight is 634 g/mol. The predicted molar refractivity (Wildman–Crippen MR) is 177 cm³/mol. The van der Waals surface area contributed by atoms with Crippen LogP contribution in [0.1, 0.15) is 45.2 Å².